The average Bonchev–Trinajstić information content (AvgIpc) is 2.98. The second-order valence-corrected chi connectivity index (χ2v) is 8.94. The van der Waals surface area contributed by atoms with Gasteiger partial charge in [0, 0.05) is 38.3 Å². The topological polar surface area (TPSA) is 114 Å². The van der Waals surface area contributed by atoms with Gasteiger partial charge in [-0.3, -0.25) is 4.79 Å². The minimum Gasteiger partial charge on any atom is -0.377 e. The van der Waals surface area contributed by atoms with E-state index in [0.717, 1.165) is 31.5 Å². The Morgan fingerprint density at radius 2 is 1.37 bits per heavy atom. The van der Waals surface area contributed by atoms with Gasteiger partial charge in [0.05, 0.1) is 26.4 Å². The first-order chi connectivity index (χ1) is 18.8. The van der Waals surface area contributed by atoms with E-state index >= 15 is 0 Å². The number of nitrogens with one attached hydrogen (secondary N) is 3. The summed E-state index contributed by atoms with van der Waals surface area (Å²) in [7, 11) is 0. The second-order valence-electron chi connectivity index (χ2n) is 8.94. The molecule has 38 heavy (non-hydrogen) atoms. The van der Waals surface area contributed by atoms with E-state index in [0.29, 0.717) is 69.5 Å². The first-order valence-electron chi connectivity index (χ1n) is 13.3. The fourth-order valence-electron chi connectivity index (χ4n) is 4.02. The van der Waals surface area contributed by atoms with Gasteiger partial charge in [-0.15, -0.1) is 0 Å². The van der Waals surface area contributed by atoms with Crippen molar-refractivity contribution in [3.05, 3.63) is 71.8 Å². The summed E-state index contributed by atoms with van der Waals surface area (Å²) in [5.41, 5.74) is 1.81. The molecule has 1 aliphatic rings. The highest BCUT2D eigenvalue weighted by Crippen LogP contribution is 2.19. The molecule has 0 spiro atoms. The van der Waals surface area contributed by atoms with Crippen LogP contribution in [0.25, 0.3) is 0 Å². The van der Waals surface area contributed by atoms with Gasteiger partial charge in [-0.2, -0.15) is 15.0 Å². The number of aromatic nitrogens is 3. The Morgan fingerprint density at radius 1 is 0.737 bits per heavy atom. The van der Waals surface area contributed by atoms with Crippen LogP contribution in [0.5, 0.6) is 0 Å². The Morgan fingerprint density at radius 3 is 2.08 bits per heavy atom. The Hall–Kier alpha value is -3.76. The van der Waals surface area contributed by atoms with Crippen LogP contribution in [0.1, 0.15) is 35.2 Å². The van der Waals surface area contributed by atoms with Gasteiger partial charge in [-0.05, 0) is 37.0 Å². The van der Waals surface area contributed by atoms with Crippen molar-refractivity contribution in [2.24, 2.45) is 0 Å². The fourth-order valence-corrected chi connectivity index (χ4v) is 4.02. The molecular weight excluding hydrogens is 482 g/mol. The molecule has 0 aliphatic carbocycles. The molecule has 1 amide bonds. The maximum absolute atomic E-state index is 12.0. The van der Waals surface area contributed by atoms with Crippen molar-refractivity contribution >= 4 is 23.8 Å². The van der Waals surface area contributed by atoms with Gasteiger partial charge in [-0.1, -0.05) is 48.5 Å². The van der Waals surface area contributed by atoms with Crippen LogP contribution in [0.15, 0.2) is 60.7 Å². The minimum atomic E-state index is -0.100. The molecule has 202 valence electrons. The zero-order chi connectivity index (χ0) is 26.3. The molecule has 10 nitrogen and oxygen atoms in total. The molecule has 0 bridgehead atoms. The highest BCUT2D eigenvalue weighted by Gasteiger charge is 2.16. The molecule has 0 radical (unpaired) electrons. The van der Waals surface area contributed by atoms with E-state index in [4.69, 9.17) is 9.47 Å². The Labute approximate surface area is 224 Å². The van der Waals surface area contributed by atoms with E-state index in [-0.39, 0.29) is 5.91 Å². The van der Waals surface area contributed by atoms with Gasteiger partial charge in [0.15, 0.2) is 0 Å². The number of hydrogen-bond donors (Lipinski definition) is 3. The molecule has 0 unspecified atom stereocenters. The van der Waals surface area contributed by atoms with Crippen LogP contribution in [0, 0.1) is 0 Å². The Balaban J connectivity index is 1.15. The van der Waals surface area contributed by atoms with Crippen LogP contribution >= 0.6 is 0 Å². The van der Waals surface area contributed by atoms with Crippen molar-refractivity contribution in [2.75, 3.05) is 68.1 Å². The molecule has 1 aromatic heterocycles. The van der Waals surface area contributed by atoms with Gasteiger partial charge < -0.3 is 30.3 Å². The molecule has 2 aromatic carbocycles. The molecule has 1 saturated heterocycles. The monoisotopic (exact) mass is 519 g/mol. The number of rotatable bonds is 15. The van der Waals surface area contributed by atoms with Crippen molar-refractivity contribution in [2.45, 2.75) is 25.8 Å². The molecule has 2 heterocycles. The van der Waals surface area contributed by atoms with Crippen LogP contribution in [0.4, 0.5) is 17.8 Å². The number of amides is 1. The van der Waals surface area contributed by atoms with E-state index in [1.54, 1.807) is 12.1 Å². The van der Waals surface area contributed by atoms with Gasteiger partial charge >= 0.3 is 0 Å². The standard InChI is InChI=1S/C28H37N7O3/c36-25(24-12-6-2-7-13-24)29-14-18-37-20-21-38-19-15-30-26-32-27(31-22-23-10-4-1-5-11-23)34-28(33-26)35-16-8-3-9-17-35/h1-2,4-7,10-13H,3,8-9,14-22H2,(H,29,36)(H2,30,31,32,33,34). The lowest BCUT2D eigenvalue weighted by molar-refractivity contribution is 0.0519. The smallest absolute Gasteiger partial charge is 0.251 e. The molecule has 3 aromatic rings. The van der Waals surface area contributed by atoms with Gasteiger partial charge in [0.2, 0.25) is 17.8 Å². The highest BCUT2D eigenvalue weighted by atomic mass is 16.5. The maximum Gasteiger partial charge on any atom is 0.251 e. The molecule has 1 aliphatic heterocycles. The fraction of sp³-hybridized carbons (Fsp3) is 0.429. The minimum absolute atomic E-state index is 0.100. The molecule has 1 fully saturated rings. The van der Waals surface area contributed by atoms with Crippen LogP contribution in [-0.2, 0) is 16.0 Å². The molecule has 10 heteroatoms. The summed E-state index contributed by atoms with van der Waals surface area (Å²) in [6.07, 6.45) is 3.54. The van der Waals surface area contributed by atoms with Crippen LogP contribution in [-0.4, -0.2) is 73.5 Å². The molecule has 0 saturated carbocycles. The van der Waals surface area contributed by atoms with Gasteiger partial charge in [0.1, 0.15) is 0 Å². The van der Waals surface area contributed by atoms with E-state index in [1.165, 1.54) is 6.42 Å². The Kier molecular flexibility index (Phi) is 11.1. The number of hydrogen-bond acceptors (Lipinski definition) is 9. The maximum atomic E-state index is 12.0. The largest absolute Gasteiger partial charge is 0.377 e. The van der Waals surface area contributed by atoms with Crippen molar-refractivity contribution in [1.82, 2.24) is 20.3 Å². The van der Waals surface area contributed by atoms with Crippen LogP contribution < -0.4 is 20.9 Å². The van der Waals surface area contributed by atoms with Crippen LogP contribution in [0.2, 0.25) is 0 Å². The normalized spacial score (nSPS) is 13.2. The van der Waals surface area contributed by atoms with Crippen molar-refractivity contribution in [1.29, 1.82) is 0 Å². The van der Waals surface area contributed by atoms with E-state index in [1.807, 2.05) is 36.4 Å². The molecule has 0 atom stereocenters. The number of ether oxygens (including phenoxy) is 2. The summed E-state index contributed by atoms with van der Waals surface area (Å²) in [5, 5.41) is 9.43. The second kappa shape index (κ2) is 15.5. The number of carbonyl (C=O) groups excluding carboxylic acids is 1. The number of anilines is 3. The summed E-state index contributed by atoms with van der Waals surface area (Å²) in [5.74, 6) is 1.69. The van der Waals surface area contributed by atoms with Crippen LogP contribution in [0.3, 0.4) is 0 Å². The van der Waals surface area contributed by atoms with Crippen molar-refractivity contribution < 1.29 is 14.3 Å². The first kappa shape index (κ1) is 27.3. The predicted octanol–water partition coefficient (Wildman–Crippen LogP) is 3.35. The van der Waals surface area contributed by atoms with Gasteiger partial charge in [-0.25, -0.2) is 0 Å². The van der Waals surface area contributed by atoms with Gasteiger partial charge in [0.25, 0.3) is 5.91 Å². The number of benzene rings is 2. The number of nitrogens with zero attached hydrogens (tertiary/aromatic N) is 4. The van der Waals surface area contributed by atoms with Crippen molar-refractivity contribution in [3.63, 3.8) is 0 Å². The van der Waals surface area contributed by atoms with Crippen molar-refractivity contribution in [3.8, 4) is 0 Å². The summed E-state index contributed by atoms with van der Waals surface area (Å²) in [4.78, 5) is 28.1. The number of carbonyl (C=O) groups is 1. The zero-order valence-electron chi connectivity index (χ0n) is 21.8. The third-order valence-electron chi connectivity index (χ3n) is 6.03. The lowest BCUT2D eigenvalue weighted by atomic mass is 10.1. The van der Waals surface area contributed by atoms with E-state index in [9.17, 15) is 4.79 Å². The average molecular weight is 520 g/mol. The third kappa shape index (κ3) is 9.28. The predicted molar refractivity (Wildman–Crippen MR) is 149 cm³/mol. The SMILES string of the molecule is O=C(NCCOCCOCCNc1nc(NCc2ccccc2)nc(N2CCCCC2)n1)c1ccccc1. The summed E-state index contributed by atoms with van der Waals surface area (Å²) in [6, 6.07) is 19.3. The summed E-state index contributed by atoms with van der Waals surface area (Å²) in [6.45, 7) is 5.43. The molecule has 4 rings (SSSR count). The lowest BCUT2D eigenvalue weighted by Crippen LogP contribution is -2.31. The molecule has 3 N–H and O–H groups in total. The number of piperidine rings is 1. The van der Waals surface area contributed by atoms with E-state index < -0.39 is 0 Å². The van der Waals surface area contributed by atoms with E-state index in [2.05, 4.69) is 47.9 Å². The third-order valence-corrected chi connectivity index (χ3v) is 6.03. The zero-order valence-corrected chi connectivity index (χ0v) is 21.8. The highest BCUT2D eigenvalue weighted by molar-refractivity contribution is 5.94. The molecular formula is C28H37N7O3. The first-order valence-corrected chi connectivity index (χ1v) is 13.3. The Bertz CT molecular complexity index is 1100. The summed E-state index contributed by atoms with van der Waals surface area (Å²) >= 11 is 0. The quantitative estimate of drug-likeness (QED) is 0.260. The summed E-state index contributed by atoms with van der Waals surface area (Å²) < 4.78 is 11.2. The lowest BCUT2D eigenvalue weighted by Gasteiger charge is -2.27.